The number of allylic oxidation sites excluding steroid dienone is 2. The first-order valence-electron chi connectivity index (χ1n) is 8.53. The number of anilines is 1. The highest BCUT2D eigenvalue weighted by atomic mass is 16.3. The van der Waals surface area contributed by atoms with Crippen molar-refractivity contribution < 1.29 is 19.5 Å². The number of aromatic nitrogens is 1. The summed E-state index contributed by atoms with van der Waals surface area (Å²) in [6, 6.07) is 2.05. The number of aromatic hydroxyl groups is 1. The molecule has 130 valence electrons. The molecule has 0 spiro atoms. The van der Waals surface area contributed by atoms with Crippen LogP contribution in [0.4, 0.5) is 5.82 Å². The molecule has 7 heteroatoms. The third-order valence-electron chi connectivity index (χ3n) is 5.53. The number of likely N-dealkylation sites (tertiary alicyclic amines) is 1. The van der Waals surface area contributed by atoms with E-state index < -0.39 is 11.9 Å². The molecular formula is C18H19N3O4. The Bertz CT molecular complexity index is 760. The van der Waals surface area contributed by atoms with Gasteiger partial charge in [-0.1, -0.05) is 19.1 Å². The van der Waals surface area contributed by atoms with Crippen LogP contribution in [-0.2, 0) is 14.4 Å². The zero-order valence-electron chi connectivity index (χ0n) is 13.8. The van der Waals surface area contributed by atoms with Crippen LogP contribution in [-0.4, -0.2) is 38.8 Å². The zero-order chi connectivity index (χ0) is 17.7. The molecule has 3 aliphatic rings. The first-order valence-corrected chi connectivity index (χ1v) is 8.53. The fourth-order valence-electron chi connectivity index (χ4n) is 4.41. The topological polar surface area (TPSA) is 99.6 Å². The number of carbonyl (C=O) groups excluding carboxylic acids is 3. The van der Waals surface area contributed by atoms with Crippen molar-refractivity contribution in [1.82, 2.24) is 9.88 Å². The number of nitrogens with one attached hydrogen (secondary N) is 1. The molecule has 4 rings (SSSR count). The van der Waals surface area contributed by atoms with Crippen molar-refractivity contribution in [3.05, 3.63) is 30.5 Å². The summed E-state index contributed by atoms with van der Waals surface area (Å²) < 4.78 is 0. The zero-order valence-corrected chi connectivity index (χ0v) is 13.8. The fourth-order valence-corrected chi connectivity index (χ4v) is 4.41. The molecule has 1 saturated heterocycles. The Hall–Kier alpha value is -2.70. The smallest absolute Gasteiger partial charge is 0.248 e. The van der Waals surface area contributed by atoms with Gasteiger partial charge in [0, 0.05) is 6.20 Å². The molecule has 1 aliphatic heterocycles. The number of hydrogen-bond donors (Lipinski definition) is 2. The molecule has 5 atom stereocenters. The molecule has 7 nitrogen and oxygen atoms in total. The van der Waals surface area contributed by atoms with Crippen molar-refractivity contribution in [2.24, 2.45) is 23.7 Å². The first-order chi connectivity index (χ1) is 12.0. The van der Waals surface area contributed by atoms with Gasteiger partial charge in [-0.3, -0.25) is 19.3 Å². The lowest BCUT2D eigenvalue weighted by molar-refractivity contribution is -0.147. The van der Waals surface area contributed by atoms with E-state index in [0.29, 0.717) is 6.42 Å². The van der Waals surface area contributed by atoms with Crippen LogP contribution < -0.4 is 5.32 Å². The summed E-state index contributed by atoms with van der Waals surface area (Å²) in [5.74, 6) is -1.60. The van der Waals surface area contributed by atoms with Crippen LogP contribution in [0.2, 0.25) is 0 Å². The predicted molar refractivity (Wildman–Crippen MR) is 88.2 cm³/mol. The van der Waals surface area contributed by atoms with Crippen LogP contribution in [0.1, 0.15) is 19.8 Å². The van der Waals surface area contributed by atoms with Crippen LogP contribution in [0.15, 0.2) is 30.5 Å². The number of rotatable bonds is 4. The number of fused-ring (bicyclic) bond motifs is 5. The fraction of sp³-hybridized carbons (Fsp3) is 0.444. The number of amides is 3. The summed E-state index contributed by atoms with van der Waals surface area (Å²) >= 11 is 0. The van der Waals surface area contributed by atoms with E-state index in [9.17, 15) is 19.5 Å². The third kappa shape index (κ3) is 2.26. The van der Waals surface area contributed by atoms with E-state index in [2.05, 4.69) is 10.3 Å². The van der Waals surface area contributed by atoms with Gasteiger partial charge in [-0.05, 0) is 36.8 Å². The van der Waals surface area contributed by atoms with Gasteiger partial charge in [-0.15, -0.1) is 0 Å². The highest BCUT2D eigenvalue weighted by molar-refractivity contribution is 6.10. The molecule has 2 bridgehead atoms. The lowest BCUT2D eigenvalue weighted by atomic mass is 9.85. The molecule has 25 heavy (non-hydrogen) atoms. The quantitative estimate of drug-likeness (QED) is 0.635. The second kappa shape index (κ2) is 5.68. The van der Waals surface area contributed by atoms with E-state index in [1.165, 1.54) is 12.3 Å². The SMILES string of the molecule is CCC(C(=O)Nc1ncccc1O)N1C(=O)C2C3C=CC(C3)C2C1=O. The maximum absolute atomic E-state index is 12.8. The Kier molecular flexibility index (Phi) is 3.59. The van der Waals surface area contributed by atoms with Crippen molar-refractivity contribution in [3.8, 4) is 5.75 Å². The van der Waals surface area contributed by atoms with Gasteiger partial charge in [0.25, 0.3) is 0 Å². The highest BCUT2D eigenvalue weighted by Gasteiger charge is 2.60. The summed E-state index contributed by atoms with van der Waals surface area (Å²) in [4.78, 5) is 43.4. The predicted octanol–water partition coefficient (Wildman–Crippen LogP) is 1.31. The number of nitrogens with zero attached hydrogens (tertiary/aromatic N) is 2. The second-order valence-corrected chi connectivity index (χ2v) is 6.83. The van der Waals surface area contributed by atoms with Gasteiger partial charge in [-0.2, -0.15) is 0 Å². The van der Waals surface area contributed by atoms with Gasteiger partial charge in [0.15, 0.2) is 11.6 Å². The molecule has 5 unspecified atom stereocenters. The normalized spacial score (nSPS) is 30.7. The second-order valence-electron chi connectivity index (χ2n) is 6.83. The molecule has 0 aromatic carbocycles. The van der Waals surface area contributed by atoms with E-state index in [4.69, 9.17) is 0 Å². The average Bonchev–Trinajstić information content (AvgIpc) is 3.27. The molecule has 1 aromatic rings. The lowest BCUT2D eigenvalue weighted by Gasteiger charge is -2.25. The summed E-state index contributed by atoms with van der Waals surface area (Å²) in [6.45, 7) is 1.75. The van der Waals surface area contributed by atoms with Crippen molar-refractivity contribution in [2.75, 3.05) is 5.32 Å². The molecule has 3 amide bonds. The van der Waals surface area contributed by atoms with E-state index in [-0.39, 0.29) is 47.1 Å². The first kappa shape index (κ1) is 15.8. The highest BCUT2D eigenvalue weighted by Crippen LogP contribution is 2.53. The van der Waals surface area contributed by atoms with Gasteiger partial charge in [0.2, 0.25) is 17.7 Å². The monoisotopic (exact) mass is 341 g/mol. The number of carbonyl (C=O) groups is 3. The van der Waals surface area contributed by atoms with Gasteiger partial charge >= 0.3 is 0 Å². The number of hydrogen-bond acceptors (Lipinski definition) is 5. The van der Waals surface area contributed by atoms with E-state index in [0.717, 1.165) is 11.3 Å². The maximum Gasteiger partial charge on any atom is 0.248 e. The van der Waals surface area contributed by atoms with Crippen LogP contribution >= 0.6 is 0 Å². The summed E-state index contributed by atoms with van der Waals surface area (Å²) in [5, 5.41) is 12.3. The Labute approximate surface area is 144 Å². The minimum absolute atomic E-state index is 0.0203. The molecule has 2 aliphatic carbocycles. The minimum atomic E-state index is -0.897. The summed E-state index contributed by atoms with van der Waals surface area (Å²) in [5.41, 5.74) is 0. The Balaban J connectivity index is 1.57. The average molecular weight is 341 g/mol. The number of imide groups is 1. The van der Waals surface area contributed by atoms with Crippen molar-refractivity contribution in [2.45, 2.75) is 25.8 Å². The molecule has 2 fully saturated rings. The van der Waals surface area contributed by atoms with Gasteiger partial charge in [-0.25, -0.2) is 4.98 Å². The largest absolute Gasteiger partial charge is 0.504 e. The van der Waals surface area contributed by atoms with Crippen molar-refractivity contribution in [3.63, 3.8) is 0 Å². The molecular weight excluding hydrogens is 322 g/mol. The Morgan fingerprint density at radius 1 is 1.32 bits per heavy atom. The lowest BCUT2D eigenvalue weighted by Crippen LogP contribution is -2.48. The van der Waals surface area contributed by atoms with Crippen LogP contribution in [0, 0.1) is 23.7 Å². The van der Waals surface area contributed by atoms with Gasteiger partial charge in [0.05, 0.1) is 11.8 Å². The van der Waals surface area contributed by atoms with E-state index >= 15 is 0 Å². The number of pyridine rings is 1. The Morgan fingerprint density at radius 2 is 1.96 bits per heavy atom. The standard InChI is InChI=1S/C18H19N3O4/c1-2-11(16(23)20-15-12(22)4-3-7-19-15)21-17(24)13-9-5-6-10(8-9)14(13)18(21)25/h3-7,9-11,13-14,22H,2,8H2,1H3,(H,19,20,23). The van der Waals surface area contributed by atoms with E-state index in [1.807, 2.05) is 12.2 Å². The van der Waals surface area contributed by atoms with Crippen LogP contribution in [0.5, 0.6) is 5.75 Å². The van der Waals surface area contributed by atoms with Crippen LogP contribution in [0.3, 0.4) is 0 Å². The molecule has 1 aromatic heterocycles. The van der Waals surface area contributed by atoms with E-state index in [1.54, 1.807) is 13.0 Å². The van der Waals surface area contributed by atoms with Crippen LogP contribution in [0.25, 0.3) is 0 Å². The van der Waals surface area contributed by atoms with Crippen molar-refractivity contribution in [1.29, 1.82) is 0 Å². The molecule has 2 N–H and O–H groups in total. The summed E-state index contributed by atoms with van der Waals surface area (Å²) in [7, 11) is 0. The molecule has 2 heterocycles. The summed E-state index contributed by atoms with van der Waals surface area (Å²) in [6.07, 6.45) is 6.64. The minimum Gasteiger partial charge on any atom is -0.504 e. The van der Waals surface area contributed by atoms with Gasteiger partial charge in [0.1, 0.15) is 6.04 Å². The Morgan fingerprint density at radius 3 is 2.52 bits per heavy atom. The van der Waals surface area contributed by atoms with Gasteiger partial charge < -0.3 is 10.4 Å². The van der Waals surface area contributed by atoms with Crippen molar-refractivity contribution >= 4 is 23.5 Å². The third-order valence-corrected chi connectivity index (χ3v) is 5.53. The molecule has 1 saturated carbocycles. The maximum atomic E-state index is 12.8. The molecule has 0 radical (unpaired) electrons.